The fourth-order valence-electron chi connectivity index (χ4n) is 2.86. The Morgan fingerprint density at radius 3 is 2.52 bits per heavy atom. The summed E-state index contributed by atoms with van der Waals surface area (Å²) >= 11 is 1.61. The molecule has 0 bridgehead atoms. The third-order valence-corrected chi connectivity index (χ3v) is 5.16. The Hall–Kier alpha value is -2.70. The minimum atomic E-state index is -0.126. The van der Waals surface area contributed by atoms with Crippen LogP contribution in [0, 0.1) is 0 Å². The summed E-state index contributed by atoms with van der Waals surface area (Å²) in [6.07, 6.45) is 0. The van der Waals surface area contributed by atoms with E-state index < -0.39 is 0 Å². The van der Waals surface area contributed by atoms with Crippen molar-refractivity contribution in [2.24, 2.45) is 0 Å². The van der Waals surface area contributed by atoms with Crippen LogP contribution < -0.4 is 10.6 Å². The topological polar surface area (TPSA) is 61.4 Å². The van der Waals surface area contributed by atoms with Crippen molar-refractivity contribution in [1.29, 1.82) is 0 Å². The van der Waals surface area contributed by atoms with E-state index in [4.69, 9.17) is 0 Å². The number of nitrogens with one attached hydrogen (secondary N) is 2. The third-order valence-electron chi connectivity index (χ3n) is 4.29. The lowest BCUT2D eigenvalue weighted by Crippen LogP contribution is -2.40. The van der Waals surface area contributed by atoms with Crippen LogP contribution in [0.2, 0.25) is 0 Å². The van der Waals surface area contributed by atoms with Gasteiger partial charge in [-0.3, -0.25) is 14.5 Å². The van der Waals surface area contributed by atoms with E-state index in [-0.39, 0.29) is 24.9 Å². The molecule has 0 aliphatic rings. The molecule has 0 aliphatic heterocycles. The molecule has 5 nitrogen and oxygen atoms in total. The number of anilines is 1. The van der Waals surface area contributed by atoms with Crippen molar-refractivity contribution in [3.8, 4) is 0 Å². The molecule has 2 amide bonds. The second-order valence-corrected chi connectivity index (χ2v) is 7.27. The van der Waals surface area contributed by atoms with Crippen molar-refractivity contribution in [3.05, 3.63) is 64.9 Å². The van der Waals surface area contributed by atoms with Gasteiger partial charge in [0.2, 0.25) is 11.8 Å². The summed E-state index contributed by atoms with van der Waals surface area (Å²) in [6.45, 7) is 3.46. The first-order chi connectivity index (χ1) is 13.2. The number of hydrogen-bond acceptors (Lipinski definition) is 4. The van der Waals surface area contributed by atoms with E-state index in [0.29, 0.717) is 13.1 Å². The number of carbonyl (C=O) groups excluding carboxylic acids is 2. The fraction of sp³-hybridized carbons (Fsp3) is 0.238. The Labute approximate surface area is 163 Å². The first-order valence-corrected chi connectivity index (χ1v) is 9.82. The number of likely N-dealkylation sites (N-methyl/N-ethyl adjacent to an activating group) is 1. The summed E-state index contributed by atoms with van der Waals surface area (Å²) < 4.78 is 0. The van der Waals surface area contributed by atoms with Gasteiger partial charge in [0.05, 0.1) is 19.6 Å². The van der Waals surface area contributed by atoms with Crippen LogP contribution in [-0.2, 0) is 16.1 Å². The van der Waals surface area contributed by atoms with E-state index in [9.17, 15) is 9.59 Å². The van der Waals surface area contributed by atoms with Gasteiger partial charge >= 0.3 is 0 Å². The molecule has 0 saturated carbocycles. The largest absolute Gasteiger partial charge is 0.350 e. The highest BCUT2D eigenvalue weighted by molar-refractivity contribution is 7.09. The molecule has 3 rings (SSSR count). The van der Waals surface area contributed by atoms with Crippen molar-refractivity contribution in [1.82, 2.24) is 10.2 Å². The van der Waals surface area contributed by atoms with Crippen LogP contribution in [0.4, 0.5) is 5.69 Å². The predicted molar refractivity (Wildman–Crippen MR) is 111 cm³/mol. The molecular weight excluding hydrogens is 358 g/mol. The zero-order valence-corrected chi connectivity index (χ0v) is 16.1. The van der Waals surface area contributed by atoms with Crippen molar-refractivity contribution >= 4 is 39.6 Å². The van der Waals surface area contributed by atoms with Gasteiger partial charge in [-0.05, 0) is 29.4 Å². The SMILES string of the molecule is CCN(CC(=O)NCc1cccs1)CC(=O)Nc1cccc2ccccc12. The maximum Gasteiger partial charge on any atom is 0.238 e. The molecule has 0 spiro atoms. The Kier molecular flexibility index (Phi) is 6.57. The van der Waals surface area contributed by atoms with Gasteiger partial charge in [0.25, 0.3) is 0 Å². The van der Waals surface area contributed by atoms with Crippen LogP contribution in [0.5, 0.6) is 0 Å². The molecule has 27 heavy (non-hydrogen) atoms. The van der Waals surface area contributed by atoms with Crippen LogP contribution in [0.15, 0.2) is 60.0 Å². The molecule has 0 aliphatic carbocycles. The molecule has 2 N–H and O–H groups in total. The Morgan fingerprint density at radius 2 is 1.74 bits per heavy atom. The lowest BCUT2D eigenvalue weighted by atomic mass is 10.1. The number of thiophene rings is 1. The van der Waals surface area contributed by atoms with Crippen molar-refractivity contribution in [3.63, 3.8) is 0 Å². The molecule has 1 aromatic heterocycles. The predicted octanol–water partition coefficient (Wildman–Crippen LogP) is 3.48. The lowest BCUT2D eigenvalue weighted by molar-refractivity contribution is -0.123. The summed E-state index contributed by atoms with van der Waals surface area (Å²) in [4.78, 5) is 27.5. The van der Waals surface area contributed by atoms with Crippen LogP contribution in [0.3, 0.4) is 0 Å². The maximum atomic E-state index is 12.5. The van der Waals surface area contributed by atoms with E-state index in [1.807, 2.05) is 71.8 Å². The van der Waals surface area contributed by atoms with E-state index in [1.165, 1.54) is 0 Å². The second kappa shape index (κ2) is 9.30. The van der Waals surface area contributed by atoms with Crippen LogP contribution >= 0.6 is 11.3 Å². The van der Waals surface area contributed by atoms with Gasteiger partial charge in [0.1, 0.15) is 0 Å². The van der Waals surface area contributed by atoms with Gasteiger partial charge in [-0.2, -0.15) is 0 Å². The van der Waals surface area contributed by atoms with Gasteiger partial charge in [0.15, 0.2) is 0 Å². The van der Waals surface area contributed by atoms with Crippen LogP contribution in [0.25, 0.3) is 10.8 Å². The number of rotatable bonds is 8. The molecule has 3 aromatic rings. The van der Waals surface area contributed by atoms with Gasteiger partial charge < -0.3 is 10.6 Å². The molecule has 0 unspecified atom stereocenters. The lowest BCUT2D eigenvalue weighted by Gasteiger charge is -2.19. The van der Waals surface area contributed by atoms with E-state index in [1.54, 1.807) is 11.3 Å². The quantitative estimate of drug-likeness (QED) is 0.628. The number of benzene rings is 2. The van der Waals surface area contributed by atoms with Crippen molar-refractivity contribution < 1.29 is 9.59 Å². The average Bonchev–Trinajstić information content (AvgIpc) is 3.20. The van der Waals surface area contributed by atoms with E-state index in [2.05, 4.69) is 10.6 Å². The fourth-order valence-corrected chi connectivity index (χ4v) is 3.51. The highest BCUT2D eigenvalue weighted by atomic mass is 32.1. The number of carbonyl (C=O) groups is 2. The molecule has 0 radical (unpaired) electrons. The molecular formula is C21H23N3O2S. The number of hydrogen-bond donors (Lipinski definition) is 2. The summed E-state index contributed by atoms with van der Waals surface area (Å²) in [5.41, 5.74) is 0.788. The zero-order chi connectivity index (χ0) is 19.1. The normalized spacial score (nSPS) is 10.9. The first-order valence-electron chi connectivity index (χ1n) is 8.94. The summed E-state index contributed by atoms with van der Waals surface area (Å²) in [6, 6.07) is 17.7. The van der Waals surface area contributed by atoms with E-state index in [0.717, 1.165) is 21.3 Å². The zero-order valence-electron chi connectivity index (χ0n) is 15.3. The number of amides is 2. The summed E-state index contributed by atoms with van der Waals surface area (Å²) in [5, 5.41) is 9.93. The molecule has 2 aromatic carbocycles. The highest BCUT2D eigenvalue weighted by Crippen LogP contribution is 2.22. The molecule has 140 valence electrons. The van der Waals surface area contributed by atoms with Gasteiger partial charge in [-0.25, -0.2) is 0 Å². The highest BCUT2D eigenvalue weighted by Gasteiger charge is 2.14. The number of nitrogens with zero attached hydrogens (tertiary/aromatic N) is 1. The second-order valence-electron chi connectivity index (χ2n) is 6.23. The standard InChI is InChI=1S/C21H23N3O2S/c1-2-24(14-20(25)22-13-17-9-6-12-27-17)15-21(26)23-19-11-5-8-16-7-3-4-10-18(16)19/h3-12H,2,13-15H2,1H3,(H,22,25)(H,23,26). The minimum absolute atomic E-state index is 0.0804. The first kappa shape index (κ1) is 19.1. The Bertz CT molecular complexity index is 903. The minimum Gasteiger partial charge on any atom is -0.350 e. The van der Waals surface area contributed by atoms with E-state index >= 15 is 0 Å². The van der Waals surface area contributed by atoms with Gasteiger partial charge in [-0.1, -0.05) is 49.4 Å². The molecule has 1 heterocycles. The van der Waals surface area contributed by atoms with Crippen molar-refractivity contribution in [2.75, 3.05) is 25.0 Å². The van der Waals surface area contributed by atoms with Crippen LogP contribution in [0.1, 0.15) is 11.8 Å². The molecule has 6 heteroatoms. The van der Waals surface area contributed by atoms with Crippen LogP contribution in [-0.4, -0.2) is 36.3 Å². The number of fused-ring (bicyclic) bond motifs is 1. The maximum absolute atomic E-state index is 12.5. The molecule has 0 fully saturated rings. The molecule has 0 saturated heterocycles. The average molecular weight is 382 g/mol. The van der Waals surface area contributed by atoms with Gasteiger partial charge in [-0.15, -0.1) is 11.3 Å². The Morgan fingerprint density at radius 1 is 0.963 bits per heavy atom. The monoisotopic (exact) mass is 381 g/mol. The van der Waals surface area contributed by atoms with Gasteiger partial charge in [0, 0.05) is 16.0 Å². The summed E-state index contributed by atoms with van der Waals surface area (Å²) in [5.74, 6) is -0.206. The Balaban J connectivity index is 1.54. The summed E-state index contributed by atoms with van der Waals surface area (Å²) in [7, 11) is 0. The van der Waals surface area contributed by atoms with Crippen molar-refractivity contribution in [2.45, 2.75) is 13.5 Å². The third kappa shape index (κ3) is 5.39. The smallest absolute Gasteiger partial charge is 0.238 e. The molecule has 0 atom stereocenters.